The van der Waals surface area contributed by atoms with Crippen molar-refractivity contribution in [3.8, 4) is 0 Å². The van der Waals surface area contributed by atoms with E-state index < -0.39 is 10.2 Å². The highest BCUT2D eigenvalue weighted by Crippen LogP contribution is 2.28. The quantitative estimate of drug-likeness (QED) is 0.628. The van der Waals surface area contributed by atoms with Crippen LogP contribution in [-0.2, 0) is 10.2 Å². The van der Waals surface area contributed by atoms with Gasteiger partial charge in [0, 0.05) is 26.7 Å². The second kappa shape index (κ2) is 5.95. The van der Waals surface area contributed by atoms with Gasteiger partial charge in [0.2, 0.25) is 0 Å². The SMILES string of the molecule is CCNCCCN(C)S(=O)(=O)N(C)C1CC1. The zero-order valence-electron chi connectivity index (χ0n) is 10.4. The maximum atomic E-state index is 12.0. The largest absolute Gasteiger partial charge is 0.317 e. The van der Waals surface area contributed by atoms with Crippen molar-refractivity contribution in [2.75, 3.05) is 33.7 Å². The molecule has 1 saturated carbocycles. The first-order valence-electron chi connectivity index (χ1n) is 5.90. The van der Waals surface area contributed by atoms with Crippen LogP contribution in [0.25, 0.3) is 0 Å². The fourth-order valence-electron chi connectivity index (χ4n) is 1.57. The van der Waals surface area contributed by atoms with Crippen molar-refractivity contribution in [1.29, 1.82) is 0 Å². The highest BCUT2D eigenvalue weighted by Gasteiger charge is 2.35. The summed E-state index contributed by atoms with van der Waals surface area (Å²) in [5, 5.41) is 3.18. The van der Waals surface area contributed by atoms with E-state index in [1.54, 1.807) is 14.1 Å². The Balaban J connectivity index is 2.35. The Bertz CT molecular complexity index is 301. The summed E-state index contributed by atoms with van der Waals surface area (Å²) in [4.78, 5) is 0. The average molecular weight is 249 g/mol. The molecule has 0 saturated heterocycles. The van der Waals surface area contributed by atoms with Crippen molar-refractivity contribution in [1.82, 2.24) is 13.9 Å². The molecule has 0 bridgehead atoms. The van der Waals surface area contributed by atoms with Crippen LogP contribution in [0.5, 0.6) is 0 Å². The maximum Gasteiger partial charge on any atom is 0.281 e. The van der Waals surface area contributed by atoms with E-state index in [1.807, 2.05) is 6.92 Å². The molecule has 0 radical (unpaired) electrons. The molecule has 96 valence electrons. The minimum Gasteiger partial charge on any atom is -0.317 e. The summed E-state index contributed by atoms with van der Waals surface area (Å²) in [5.74, 6) is 0. The van der Waals surface area contributed by atoms with Crippen LogP contribution in [0.15, 0.2) is 0 Å². The van der Waals surface area contributed by atoms with Crippen molar-refractivity contribution in [3.05, 3.63) is 0 Å². The summed E-state index contributed by atoms with van der Waals surface area (Å²) in [7, 11) is 0.103. The summed E-state index contributed by atoms with van der Waals surface area (Å²) in [6.45, 7) is 4.41. The molecule has 0 aromatic rings. The fourth-order valence-corrected chi connectivity index (χ4v) is 2.95. The molecule has 1 rings (SSSR count). The molecule has 0 aliphatic heterocycles. The normalized spacial score (nSPS) is 17.3. The lowest BCUT2D eigenvalue weighted by Crippen LogP contribution is -2.41. The molecule has 0 aromatic carbocycles. The van der Waals surface area contributed by atoms with Gasteiger partial charge in [0.15, 0.2) is 0 Å². The Morgan fingerprint density at radius 2 is 1.94 bits per heavy atom. The lowest BCUT2D eigenvalue weighted by Gasteiger charge is -2.24. The van der Waals surface area contributed by atoms with Crippen LogP contribution in [0.2, 0.25) is 0 Å². The number of hydrogen-bond acceptors (Lipinski definition) is 3. The van der Waals surface area contributed by atoms with Gasteiger partial charge in [-0.15, -0.1) is 0 Å². The van der Waals surface area contributed by atoms with Crippen LogP contribution >= 0.6 is 0 Å². The second-order valence-electron chi connectivity index (χ2n) is 4.28. The molecule has 0 unspecified atom stereocenters. The molecule has 16 heavy (non-hydrogen) atoms. The third kappa shape index (κ3) is 3.69. The van der Waals surface area contributed by atoms with Gasteiger partial charge in [-0.1, -0.05) is 6.92 Å². The van der Waals surface area contributed by atoms with E-state index in [1.165, 1.54) is 8.61 Å². The Kier molecular flexibility index (Phi) is 5.17. The lowest BCUT2D eigenvalue weighted by molar-refractivity contribution is 0.383. The first kappa shape index (κ1) is 13.9. The van der Waals surface area contributed by atoms with Crippen molar-refractivity contribution in [3.63, 3.8) is 0 Å². The zero-order chi connectivity index (χ0) is 12.2. The molecule has 0 atom stereocenters. The highest BCUT2D eigenvalue weighted by atomic mass is 32.2. The summed E-state index contributed by atoms with van der Waals surface area (Å²) in [6, 6.07) is 0.237. The Morgan fingerprint density at radius 3 is 2.44 bits per heavy atom. The van der Waals surface area contributed by atoms with E-state index in [9.17, 15) is 8.42 Å². The van der Waals surface area contributed by atoms with Gasteiger partial charge in [-0.3, -0.25) is 0 Å². The molecule has 1 N–H and O–H groups in total. The molecular formula is C10H23N3O2S. The van der Waals surface area contributed by atoms with Crippen LogP contribution in [0, 0.1) is 0 Å². The summed E-state index contributed by atoms with van der Waals surface area (Å²) >= 11 is 0. The van der Waals surface area contributed by atoms with Gasteiger partial charge in [-0.05, 0) is 32.4 Å². The predicted octanol–water partition coefficient (Wildman–Crippen LogP) is 0.257. The van der Waals surface area contributed by atoms with Crippen molar-refractivity contribution in [2.24, 2.45) is 0 Å². The van der Waals surface area contributed by atoms with Gasteiger partial charge in [0.25, 0.3) is 10.2 Å². The Labute approximate surface area is 99.0 Å². The summed E-state index contributed by atoms with van der Waals surface area (Å²) in [5.41, 5.74) is 0. The number of rotatable bonds is 8. The van der Waals surface area contributed by atoms with Gasteiger partial charge < -0.3 is 5.32 Å². The minimum atomic E-state index is -3.22. The molecule has 0 heterocycles. The van der Waals surface area contributed by atoms with Gasteiger partial charge in [0.05, 0.1) is 0 Å². The first-order chi connectivity index (χ1) is 7.50. The van der Waals surface area contributed by atoms with E-state index in [0.717, 1.165) is 32.4 Å². The van der Waals surface area contributed by atoms with Crippen LogP contribution < -0.4 is 5.32 Å². The molecule has 1 aliphatic carbocycles. The maximum absolute atomic E-state index is 12.0. The third-order valence-corrected chi connectivity index (χ3v) is 4.89. The molecule has 1 fully saturated rings. The van der Waals surface area contributed by atoms with Crippen LogP contribution in [0.4, 0.5) is 0 Å². The van der Waals surface area contributed by atoms with Crippen molar-refractivity contribution in [2.45, 2.75) is 32.2 Å². The smallest absolute Gasteiger partial charge is 0.281 e. The zero-order valence-corrected chi connectivity index (χ0v) is 11.3. The molecule has 0 amide bonds. The molecule has 6 heteroatoms. The van der Waals surface area contributed by atoms with E-state index >= 15 is 0 Å². The number of nitrogens with zero attached hydrogens (tertiary/aromatic N) is 2. The second-order valence-corrected chi connectivity index (χ2v) is 6.38. The van der Waals surface area contributed by atoms with Crippen LogP contribution in [0.3, 0.4) is 0 Å². The van der Waals surface area contributed by atoms with Crippen LogP contribution in [-0.4, -0.2) is 56.8 Å². The fraction of sp³-hybridized carbons (Fsp3) is 1.00. The standard InChI is InChI=1S/C10H23N3O2S/c1-4-11-8-5-9-12(2)16(14,15)13(3)10-6-7-10/h10-11H,4-9H2,1-3H3. The molecule has 1 aliphatic rings. The lowest BCUT2D eigenvalue weighted by atomic mass is 10.4. The van der Waals surface area contributed by atoms with Gasteiger partial charge in [-0.2, -0.15) is 17.0 Å². The van der Waals surface area contributed by atoms with Crippen molar-refractivity contribution < 1.29 is 8.42 Å². The molecular weight excluding hydrogens is 226 g/mol. The van der Waals surface area contributed by atoms with E-state index in [2.05, 4.69) is 5.32 Å². The Morgan fingerprint density at radius 1 is 1.31 bits per heavy atom. The van der Waals surface area contributed by atoms with Crippen LogP contribution in [0.1, 0.15) is 26.2 Å². The van der Waals surface area contributed by atoms with E-state index in [4.69, 9.17) is 0 Å². The van der Waals surface area contributed by atoms with Gasteiger partial charge in [0.1, 0.15) is 0 Å². The van der Waals surface area contributed by atoms with Gasteiger partial charge in [-0.25, -0.2) is 0 Å². The van der Waals surface area contributed by atoms with E-state index in [-0.39, 0.29) is 6.04 Å². The monoisotopic (exact) mass is 249 g/mol. The third-order valence-electron chi connectivity index (χ3n) is 2.90. The number of nitrogens with one attached hydrogen (secondary N) is 1. The van der Waals surface area contributed by atoms with Crippen molar-refractivity contribution >= 4 is 10.2 Å². The van der Waals surface area contributed by atoms with E-state index in [0.29, 0.717) is 6.54 Å². The Hall–Kier alpha value is -0.170. The minimum absolute atomic E-state index is 0.237. The number of hydrogen-bond donors (Lipinski definition) is 1. The topological polar surface area (TPSA) is 52.7 Å². The first-order valence-corrected chi connectivity index (χ1v) is 7.30. The average Bonchev–Trinajstić information content (AvgIpc) is 3.06. The van der Waals surface area contributed by atoms with Gasteiger partial charge >= 0.3 is 0 Å². The highest BCUT2D eigenvalue weighted by molar-refractivity contribution is 7.86. The molecule has 0 aromatic heterocycles. The predicted molar refractivity (Wildman–Crippen MR) is 65.5 cm³/mol. The molecule has 0 spiro atoms. The summed E-state index contributed by atoms with van der Waals surface area (Å²) in [6.07, 6.45) is 2.85. The molecule has 5 nitrogen and oxygen atoms in total. The summed E-state index contributed by atoms with van der Waals surface area (Å²) < 4.78 is 27.0.